The average molecular weight is 298 g/mol. The second kappa shape index (κ2) is 4.80. The first-order valence-electron chi connectivity index (χ1n) is 6.33. The van der Waals surface area contributed by atoms with Gasteiger partial charge in [0.2, 0.25) is 5.91 Å². The molecule has 0 radical (unpaired) electrons. The summed E-state index contributed by atoms with van der Waals surface area (Å²) in [5.74, 6) is -1.30. The van der Waals surface area contributed by atoms with Crippen LogP contribution in [0.1, 0.15) is 27.7 Å². The van der Waals surface area contributed by atoms with E-state index < -0.39 is 22.8 Å². The van der Waals surface area contributed by atoms with Crippen LogP contribution < -0.4 is 5.32 Å². The third-order valence-corrected chi connectivity index (χ3v) is 5.05. The van der Waals surface area contributed by atoms with Gasteiger partial charge in [0.25, 0.3) is 0 Å². The molecular formula is C13H18N2O4S. The zero-order valence-electron chi connectivity index (χ0n) is 11.8. The molecule has 2 N–H and O–H groups in total. The fourth-order valence-corrected chi connectivity index (χ4v) is 4.36. The number of rotatable bonds is 4. The van der Waals surface area contributed by atoms with Gasteiger partial charge in [-0.3, -0.25) is 9.59 Å². The van der Waals surface area contributed by atoms with Gasteiger partial charge in [-0.15, -0.1) is 11.8 Å². The Bertz CT molecular complexity index is 515. The van der Waals surface area contributed by atoms with E-state index in [1.54, 1.807) is 6.92 Å². The van der Waals surface area contributed by atoms with Gasteiger partial charge in [0.05, 0.1) is 0 Å². The Labute approximate surface area is 121 Å². The summed E-state index contributed by atoms with van der Waals surface area (Å²) in [4.78, 5) is 35.9. The number of fused-ring (bicyclic) bond motifs is 1. The molecule has 0 aromatic heterocycles. The van der Waals surface area contributed by atoms with Gasteiger partial charge < -0.3 is 15.3 Å². The lowest BCUT2D eigenvalue weighted by Gasteiger charge is -2.44. The Hall–Kier alpha value is -1.50. The topological polar surface area (TPSA) is 86.7 Å². The summed E-state index contributed by atoms with van der Waals surface area (Å²) in [5.41, 5.74) is 0.618. The molecule has 0 aliphatic carbocycles. The molecule has 20 heavy (non-hydrogen) atoms. The van der Waals surface area contributed by atoms with Gasteiger partial charge in [0, 0.05) is 10.4 Å². The van der Waals surface area contributed by atoms with E-state index in [0.29, 0.717) is 5.70 Å². The SMILES string of the molecule is CC(=O)C=C(C)N[C@@H]1C(=O)N2[C@@H]1SC(C)(C)[C@@H]2C(=O)O. The maximum atomic E-state index is 12.1. The predicted molar refractivity (Wildman–Crippen MR) is 75.1 cm³/mol. The second-order valence-electron chi connectivity index (χ2n) is 5.66. The number of carbonyl (C=O) groups is 3. The number of allylic oxidation sites excluding steroid dienone is 2. The number of carboxylic acids is 1. The zero-order valence-corrected chi connectivity index (χ0v) is 12.7. The first kappa shape index (κ1) is 14.9. The van der Waals surface area contributed by atoms with Crippen LogP contribution >= 0.6 is 11.8 Å². The molecule has 0 spiro atoms. The van der Waals surface area contributed by atoms with Crippen molar-refractivity contribution >= 4 is 29.4 Å². The molecule has 0 aromatic rings. The molecule has 0 saturated carbocycles. The van der Waals surface area contributed by atoms with Gasteiger partial charge in [0.15, 0.2) is 5.78 Å². The number of nitrogens with zero attached hydrogens (tertiary/aromatic N) is 1. The molecule has 0 aromatic carbocycles. The van der Waals surface area contributed by atoms with Crippen molar-refractivity contribution in [1.82, 2.24) is 10.2 Å². The maximum Gasteiger partial charge on any atom is 0.327 e. The van der Waals surface area contributed by atoms with Gasteiger partial charge in [-0.2, -0.15) is 0 Å². The summed E-state index contributed by atoms with van der Waals surface area (Å²) < 4.78 is -0.527. The number of β-lactam (4-membered cyclic amide) rings is 1. The summed E-state index contributed by atoms with van der Waals surface area (Å²) in [6.07, 6.45) is 1.43. The summed E-state index contributed by atoms with van der Waals surface area (Å²) in [7, 11) is 0. The third kappa shape index (κ3) is 2.30. The van der Waals surface area contributed by atoms with Crippen LogP contribution in [0.2, 0.25) is 0 Å². The number of thioether (sulfide) groups is 1. The Balaban J connectivity index is 2.15. The molecule has 2 saturated heterocycles. The molecule has 0 unspecified atom stereocenters. The summed E-state index contributed by atoms with van der Waals surface area (Å²) >= 11 is 1.48. The van der Waals surface area contributed by atoms with E-state index in [-0.39, 0.29) is 17.1 Å². The molecule has 0 bridgehead atoms. The van der Waals surface area contributed by atoms with Crippen molar-refractivity contribution in [3.05, 3.63) is 11.8 Å². The zero-order chi connectivity index (χ0) is 15.2. The highest BCUT2D eigenvalue weighted by atomic mass is 32.2. The van der Waals surface area contributed by atoms with Crippen molar-refractivity contribution in [2.45, 2.75) is 49.9 Å². The number of carboxylic acid groups (broad SMARTS) is 1. The first-order valence-corrected chi connectivity index (χ1v) is 7.21. The Morgan fingerprint density at radius 1 is 1.40 bits per heavy atom. The largest absolute Gasteiger partial charge is 0.480 e. The van der Waals surface area contributed by atoms with Gasteiger partial charge in [-0.1, -0.05) is 0 Å². The van der Waals surface area contributed by atoms with Crippen LogP contribution in [0.15, 0.2) is 11.8 Å². The number of nitrogens with one attached hydrogen (secondary N) is 1. The van der Waals surface area contributed by atoms with Crippen LogP contribution in [0.3, 0.4) is 0 Å². The Morgan fingerprint density at radius 2 is 2.00 bits per heavy atom. The molecular weight excluding hydrogens is 280 g/mol. The van der Waals surface area contributed by atoms with Gasteiger partial charge in [-0.05, 0) is 33.8 Å². The van der Waals surface area contributed by atoms with Crippen molar-refractivity contribution in [3.8, 4) is 0 Å². The minimum atomic E-state index is -0.979. The van der Waals surface area contributed by atoms with E-state index in [1.165, 1.54) is 29.7 Å². The standard InChI is InChI=1S/C13H18N2O4S/c1-6(5-7(2)16)14-8-10(17)15-9(12(18)19)13(3,4)20-11(8)15/h5,8-9,11,14H,1-4H3,(H,18,19)/t8-,9+,11-/m1/s1. The third-order valence-electron chi connectivity index (χ3n) is 3.48. The van der Waals surface area contributed by atoms with Crippen molar-refractivity contribution in [3.63, 3.8) is 0 Å². The molecule has 2 rings (SSSR count). The van der Waals surface area contributed by atoms with E-state index in [2.05, 4.69) is 5.32 Å². The molecule has 3 atom stereocenters. The van der Waals surface area contributed by atoms with Crippen LogP contribution in [0.25, 0.3) is 0 Å². The summed E-state index contributed by atoms with van der Waals surface area (Å²) in [5, 5.41) is 12.1. The molecule has 2 fully saturated rings. The predicted octanol–water partition coefficient (Wildman–Crippen LogP) is 0.584. The van der Waals surface area contributed by atoms with E-state index in [9.17, 15) is 19.5 Å². The molecule has 1 amide bonds. The first-order chi connectivity index (χ1) is 9.15. The minimum absolute atomic E-state index is 0.0959. The lowest BCUT2D eigenvalue weighted by atomic mass is 9.96. The van der Waals surface area contributed by atoms with Gasteiger partial charge >= 0.3 is 5.97 Å². The van der Waals surface area contributed by atoms with Gasteiger partial charge in [0.1, 0.15) is 17.5 Å². The number of amides is 1. The fraction of sp³-hybridized carbons (Fsp3) is 0.615. The lowest BCUT2D eigenvalue weighted by molar-refractivity contribution is -0.160. The molecule has 7 heteroatoms. The highest BCUT2D eigenvalue weighted by Crippen LogP contribution is 2.50. The summed E-state index contributed by atoms with van der Waals surface area (Å²) in [6.45, 7) is 6.82. The van der Waals surface area contributed by atoms with Gasteiger partial charge in [-0.25, -0.2) is 4.79 Å². The number of hydrogen-bond donors (Lipinski definition) is 2. The highest BCUT2D eigenvalue weighted by molar-refractivity contribution is 8.01. The molecule has 110 valence electrons. The number of ketones is 1. The molecule has 2 aliphatic heterocycles. The molecule has 6 nitrogen and oxygen atoms in total. The van der Waals surface area contributed by atoms with Crippen molar-refractivity contribution in [1.29, 1.82) is 0 Å². The van der Waals surface area contributed by atoms with E-state index >= 15 is 0 Å². The van der Waals surface area contributed by atoms with Crippen LogP contribution in [0.4, 0.5) is 0 Å². The van der Waals surface area contributed by atoms with Crippen molar-refractivity contribution in [2.75, 3.05) is 0 Å². The smallest absolute Gasteiger partial charge is 0.327 e. The number of aliphatic carboxylic acids is 1. The fourth-order valence-electron chi connectivity index (χ4n) is 2.74. The minimum Gasteiger partial charge on any atom is -0.480 e. The van der Waals surface area contributed by atoms with E-state index in [1.807, 2.05) is 13.8 Å². The van der Waals surface area contributed by atoms with Crippen LogP contribution in [-0.2, 0) is 14.4 Å². The molecule has 2 aliphatic rings. The van der Waals surface area contributed by atoms with Crippen molar-refractivity contribution < 1.29 is 19.5 Å². The Morgan fingerprint density at radius 3 is 2.50 bits per heavy atom. The monoisotopic (exact) mass is 298 g/mol. The van der Waals surface area contributed by atoms with Crippen LogP contribution in [0, 0.1) is 0 Å². The highest BCUT2D eigenvalue weighted by Gasteiger charge is 2.63. The van der Waals surface area contributed by atoms with Crippen LogP contribution in [0.5, 0.6) is 0 Å². The maximum absolute atomic E-state index is 12.1. The quantitative estimate of drug-likeness (QED) is 0.583. The van der Waals surface area contributed by atoms with Crippen LogP contribution in [-0.4, -0.2) is 49.9 Å². The summed E-state index contributed by atoms with van der Waals surface area (Å²) in [6, 6.07) is -1.26. The van der Waals surface area contributed by atoms with E-state index in [0.717, 1.165) is 0 Å². The average Bonchev–Trinajstić information content (AvgIpc) is 2.54. The Kier molecular flexibility index (Phi) is 3.58. The van der Waals surface area contributed by atoms with E-state index in [4.69, 9.17) is 0 Å². The number of carbonyl (C=O) groups excluding carboxylic acids is 2. The van der Waals surface area contributed by atoms with Crippen molar-refractivity contribution in [2.24, 2.45) is 0 Å². The molecule has 2 heterocycles. The second-order valence-corrected chi connectivity index (χ2v) is 7.43. The lowest BCUT2D eigenvalue weighted by Crippen LogP contribution is -2.69. The normalized spacial score (nSPS) is 31.6. The number of hydrogen-bond acceptors (Lipinski definition) is 5.